The highest BCUT2D eigenvalue weighted by Gasteiger charge is 2.04. The maximum atomic E-state index is 3.61. The van der Waals surface area contributed by atoms with E-state index in [2.05, 4.69) is 49.5 Å². The van der Waals surface area contributed by atoms with Gasteiger partial charge in [-0.15, -0.1) is 11.3 Å². The van der Waals surface area contributed by atoms with Crippen molar-refractivity contribution in [2.24, 2.45) is 0 Å². The quantitative estimate of drug-likeness (QED) is 0.817. The van der Waals surface area contributed by atoms with Crippen molar-refractivity contribution in [1.29, 1.82) is 0 Å². The van der Waals surface area contributed by atoms with Crippen LogP contribution >= 0.6 is 11.3 Å². The van der Waals surface area contributed by atoms with Crippen LogP contribution in [0, 0.1) is 0 Å². The van der Waals surface area contributed by atoms with E-state index in [0.717, 1.165) is 6.54 Å². The van der Waals surface area contributed by atoms with Gasteiger partial charge in [-0.1, -0.05) is 32.0 Å². The van der Waals surface area contributed by atoms with E-state index in [4.69, 9.17) is 0 Å². The van der Waals surface area contributed by atoms with E-state index < -0.39 is 0 Å². The van der Waals surface area contributed by atoms with Crippen LogP contribution in [0.15, 0.2) is 30.3 Å². The van der Waals surface area contributed by atoms with E-state index >= 15 is 0 Å². The Labute approximate surface area is 101 Å². The van der Waals surface area contributed by atoms with Crippen molar-refractivity contribution in [1.82, 2.24) is 5.32 Å². The summed E-state index contributed by atoms with van der Waals surface area (Å²) in [5.74, 6) is 0. The lowest BCUT2D eigenvalue weighted by molar-refractivity contribution is 0.486. The summed E-state index contributed by atoms with van der Waals surface area (Å²) in [5, 5.41) is 4.98. The molecule has 0 fully saturated rings. The van der Waals surface area contributed by atoms with Gasteiger partial charge in [-0.25, -0.2) is 0 Å². The molecule has 2 heteroatoms. The number of hydrogen-bond donors (Lipinski definition) is 1. The summed E-state index contributed by atoms with van der Waals surface area (Å²) in [6.45, 7) is 5.49. The Morgan fingerprint density at radius 1 is 1.19 bits per heavy atom. The lowest BCUT2D eigenvalue weighted by Crippen LogP contribution is -2.26. The summed E-state index contributed by atoms with van der Waals surface area (Å²) >= 11 is 1.90. The van der Waals surface area contributed by atoms with E-state index in [1.54, 1.807) is 0 Å². The number of nitrogens with one attached hydrogen (secondary N) is 1. The maximum Gasteiger partial charge on any atom is 0.0346 e. The Hall–Kier alpha value is -0.860. The molecule has 0 amide bonds. The standard InChI is InChI=1S/C14H19NS/c1-3-12(4-2)15-10-13-9-11-7-5-6-8-14(11)16-13/h5-9,12,15H,3-4,10H2,1-2H3. The highest BCUT2D eigenvalue weighted by molar-refractivity contribution is 7.19. The molecule has 1 N–H and O–H groups in total. The molecule has 2 aromatic rings. The van der Waals surface area contributed by atoms with Gasteiger partial charge in [-0.3, -0.25) is 0 Å². The zero-order chi connectivity index (χ0) is 11.4. The van der Waals surface area contributed by atoms with Crippen LogP contribution in [0.25, 0.3) is 10.1 Å². The van der Waals surface area contributed by atoms with Crippen molar-refractivity contribution in [3.63, 3.8) is 0 Å². The van der Waals surface area contributed by atoms with Gasteiger partial charge < -0.3 is 5.32 Å². The van der Waals surface area contributed by atoms with Gasteiger partial charge in [-0.05, 0) is 30.4 Å². The molecular formula is C14H19NS. The first kappa shape index (κ1) is 11.6. The average molecular weight is 233 g/mol. The van der Waals surface area contributed by atoms with Gasteiger partial charge in [0.05, 0.1) is 0 Å². The van der Waals surface area contributed by atoms with Crippen LogP contribution in [0.3, 0.4) is 0 Å². The summed E-state index contributed by atoms with van der Waals surface area (Å²) in [6.07, 6.45) is 2.42. The SMILES string of the molecule is CCC(CC)NCc1cc2ccccc2s1. The summed E-state index contributed by atoms with van der Waals surface area (Å²) in [5.41, 5.74) is 0. The number of thiophene rings is 1. The van der Waals surface area contributed by atoms with Gasteiger partial charge in [0.25, 0.3) is 0 Å². The fourth-order valence-electron chi connectivity index (χ4n) is 1.95. The third-order valence-electron chi connectivity index (χ3n) is 3.03. The van der Waals surface area contributed by atoms with Crippen molar-refractivity contribution in [2.75, 3.05) is 0 Å². The molecule has 0 saturated heterocycles. The van der Waals surface area contributed by atoms with E-state index in [-0.39, 0.29) is 0 Å². The van der Waals surface area contributed by atoms with Gasteiger partial charge in [-0.2, -0.15) is 0 Å². The molecule has 1 nitrogen and oxygen atoms in total. The van der Waals surface area contributed by atoms with Crippen LogP contribution in [-0.2, 0) is 6.54 Å². The van der Waals surface area contributed by atoms with E-state index in [0.29, 0.717) is 6.04 Å². The molecule has 0 radical (unpaired) electrons. The van der Waals surface area contributed by atoms with E-state index in [9.17, 15) is 0 Å². The van der Waals surface area contributed by atoms with E-state index in [1.165, 1.54) is 27.8 Å². The molecule has 2 rings (SSSR count). The molecule has 0 bridgehead atoms. The predicted octanol–water partition coefficient (Wildman–Crippen LogP) is 4.18. The normalized spacial score (nSPS) is 11.4. The molecule has 16 heavy (non-hydrogen) atoms. The highest BCUT2D eigenvalue weighted by Crippen LogP contribution is 2.25. The second-order valence-corrected chi connectivity index (χ2v) is 5.31. The first-order chi connectivity index (χ1) is 7.83. The molecule has 0 spiro atoms. The van der Waals surface area contributed by atoms with Gasteiger partial charge in [0, 0.05) is 22.2 Å². The molecule has 1 aromatic carbocycles. The van der Waals surface area contributed by atoms with Crippen molar-refractivity contribution < 1.29 is 0 Å². The number of benzene rings is 1. The van der Waals surface area contributed by atoms with Crippen LogP contribution in [0.4, 0.5) is 0 Å². The van der Waals surface area contributed by atoms with Gasteiger partial charge in [0.15, 0.2) is 0 Å². The molecule has 86 valence electrons. The summed E-state index contributed by atoms with van der Waals surface area (Å²) in [6, 6.07) is 11.6. The van der Waals surface area contributed by atoms with Crippen molar-refractivity contribution >= 4 is 21.4 Å². The predicted molar refractivity (Wildman–Crippen MR) is 73.0 cm³/mol. The molecular weight excluding hydrogens is 214 g/mol. The number of fused-ring (bicyclic) bond motifs is 1. The molecule has 1 heterocycles. The van der Waals surface area contributed by atoms with Crippen molar-refractivity contribution in [2.45, 2.75) is 39.3 Å². The Balaban J connectivity index is 2.04. The minimum absolute atomic E-state index is 0.658. The molecule has 0 unspecified atom stereocenters. The first-order valence-corrected chi connectivity index (χ1v) is 6.86. The summed E-state index contributed by atoms with van der Waals surface area (Å²) < 4.78 is 1.39. The monoisotopic (exact) mass is 233 g/mol. The number of rotatable bonds is 5. The molecule has 0 saturated carbocycles. The van der Waals surface area contributed by atoms with Gasteiger partial charge in [0.1, 0.15) is 0 Å². The van der Waals surface area contributed by atoms with Crippen LogP contribution in [0.1, 0.15) is 31.6 Å². The topological polar surface area (TPSA) is 12.0 Å². The third kappa shape index (κ3) is 2.63. The molecule has 0 aliphatic heterocycles. The molecule has 0 aliphatic carbocycles. The van der Waals surface area contributed by atoms with Crippen molar-refractivity contribution in [3.8, 4) is 0 Å². The van der Waals surface area contributed by atoms with Gasteiger partial charge >= 0.3 is 0 Å². The Morgan fingerprint density at radius 2 is 1.94 bits per heavy atom. The van der Waals surface area contributed by atoms with Gasteiger partial charge in [0.2, 0.25) is 0 Å². The fraction of sp³-hybridized carbons (Fsp3) is 0.429. The largest absolute Gasteiger partial charge is 0.309 e. The summed E-state index contributed by atoms with van der Waals surface area (Å²) in [7, 11) is 0. The molecule has 0 atom stereocenters. The van der Waals surface area contributed by atoms with Crippen LogP contribution in [-0.4, -0.2) is 6.04 Å². The molecule has 1 aromatic heterocycles. The Morgan fingerprint density at radius 3 is 2.62 bits per heavy atom. The second kappa shape index (κ2) is 5.46. The highest BCUT2D eigenvalue weighted by atomic mass is 32.1. The zero-order valence-corrected chi connectivity index (χ0v) is 10.8. The minimum Gasteiger partial charge on any atom is -0.309 e. The second-order valence-electron chi connectivity index (χ2n) is 4.14. The lowest BCUT2D eigenvalue weighted by atomic mass is 10.2. The zero-order valence-electron chi connectivity index (χ0n) is 9.99. The van der Waals surface area contributed by atoms with Crippen LogP contribution in [0.5, 0.6) is 0 Å². The van der Waals surface area contributed by atoms with Crippen LogP contribution in [0.2, 0.25) is 0 Å². The smallest absolute Gasteiger partial charge is 0.0346 e. The average Bonchev–Trinajstić information content (AvgIpc) is 2.73. The number of hydrogen-bond acceptors (Lipinski definition) is 2. The molecule has 0 aliphatic rings. The Bertz CT molecular complexity index is 410. The van der Waals surface area contributed by atoms with Crippen LogP contribution < -0.4 is 5.32 Å². The minimum atomic E-state index is 0.658. The van der Waals surface area contributed by atoms with Crippen molar-refractivity contribution in [3.05, 3.63) is 35.2 Å². The Kier molecular flexibility index (Phi) is 3.97. The first-order valence-electron chi connectivity index (χ1n) is 6.04. The fourth-order valence-corrected chi connectivity index (χ4v) is 2.96. The maximum absolute atomic E-state index is 3.61. The van der Waals surface area contributed by atoms with E-state index in [1.807, 2.05) is 11.3 Å². The third-order valence-corrected chi connectivity index (χ3v) is 4.14. The summed E-state index contributed by atoms with van der Waals surface area (Å²) in [4.78, 5) is 1.44. The lowest BCUT2D eigenvalue weighted by Gasteiger charge is -2.13.